The molecule has 3 rings (SSSR count). The topological polar surface area (TPSA) is 108 Å². The lowest BCUT2D eigenvalue weighted by Gasteiger charge is -2.23. The number of amides is 2. The highest BCUT2D eigenvalue weighted by molar-refractivity contribution is 7.92. The van der Waals surface area contributed by atoms with E-state index in [1.54, 1.807) is 36.7 Å². The van der Waals surface area contributed by atoms with Gasteiger partial charge in [-0.05, 0) is 42.0 Å². The van der Waals surface area contributed by atoms with Crippen LogP contribution in [0.2, 0.25) is 5.02 Å². The zero-order chi connectivity index (χ0) is 26.5. The molecule has 13 heteroatoms. The van der Waals surface area contributed by atoms with E-state index in [9.17, 15) is 31.2 Å². The van der Waals surface area contributed by atoms with Crippen molar-refractivity contribution in [2.75, 3.05) is 22.4 Å². The quantitative estimate of drug-likeness (QED) is 0.447. The van der Waals surface area contributed by atoms with Crippen molar-refractivity contribution in [3.05, 3.63) is 88.7 Å². The van der Waals surface area contributed by atoms with Gasteiger partial charge in [0.25, 0.3) is 5.91 Å². The van der Waals surface area contributed by atoms with Crippen LogP contribution in [0.5, 0.6) is 0 Å². The van der Waals surface area contributed by atoms with E-state index < -0.39 is 50.8 Å². The van der Waals surface area contributed by atoms with Crippen LogP contribution in [-0.2, 0) is 27.5 Å². The Kier molecular flexibility index (Phi) is 8.21. The number of alkyl halides is 3. The summed E-state index contributed by atoms with van der Waals surface area (Å²) in [4.78, 5) is 29.4. The third-order valence-electron chi connectivity index (χ3n) is 4.85. The number of hydrogen-bond acceptors (Lipinski definition) is 5. The van der Waals surface area contributed by atoms with Gasteiger partial charge in [0, 0.05) is 18.9 Å². The van der Waals surface area contributed by atoms with Gasteiger partial charge in [-0.25, -0.2) is 8.42 Å². The average molecular weight is 541 g/mol. The van der Waals surface area contributed by atoms with Crippen LogP contribution in [-0.4, -0.2) is 38.0 Å². The number of nitrogens with one attached hydrogen (secondary N) is 2. The van der Waals surface area contributed by atoms with E-state index in [0.29, 0.717) is 10.4 Å². The molecule has 0 bridgehead atoms. The number of halogens is 4. The van der Waals surface area contributed by atoms with Crippen molar-refractivity contribution in [3.8, 4) is 0 Å². The SMILES string of the molecule is CS(=O)(=O)N(CC(=O)Nc1ccccc1C(=O)NCc1cccnc1)c1ccc(Cl)c(C(F)(F)F)c1. The maximum Gasteiger partial charge on any atom is 0.417 e. The van der Waals surface area contributed by atoms with Crippen molar-refractivity contribution < 1.29 is 31.2 Å². The molecule has 190 valence electrons. The number of benzene rings is 2. The molecule has 0 unspecified atom stereocenters. The lowest BCUT2D eigenvalue weighted by Crippen LogP contribution is -2.38. The van der Waals surface area contributed by atoms with Gasteiger partial charge < -0.3 is 10.6 Å². The Balaban J connectivity index is 1.80. The summed E-state index contributed by atoms with van der Waals surface area (Å²) in [6, 6.07) is 12.0. The molecule has 36 heavy (non-hydrogen) atoms. The summed E-state index contributed by atoms with van der Waals surface area (Å²) in [6.45, 7) is -0.668. The molecule has 0 saturated carbocycles. The smallest absolute Gasteiger partial charge is 0.348 e. The molecule has 0 aliphatic heterocycles. The van der Waals surface area contributed by atoms with Gasteiger partial charge in [0.2, 0.25) is 15.9 Å². The molecule has 2 N–H and O–H groups in total. The maximum atomic E-state index is 13.3. The summed E-state index contributed by atoms with van der Waals surface area (Å²) >= 11 is 5.62. The summed E-state index contributed by atoms with van der Waals surface area (Å²) < 4.78 is 64.9. The molecule has 0 saturated heterocycles. The summed E-state index contributed by atoms with van der Waals surface area (Å²) in [5.74, 6) is -1.39. The van der Waals surface area contributed by atoms with Crippen molar-refractivity contribution in [1.29, 1.82) is 0 Å². The lowest BCUT2D eigenvalue weighted by atomic mass is 10.1. The molecule has 0 atom stereocenters. The first-order valence-electron chi connectivity index (χ1n) is 10.3. The zero-order valence-corrected chi connectivity index (χ0v) is 20.3. The van der Waals surface area contributed by atoms with E-state index >= 15 is 0 Å². The highest BCUT2D eigenvalue weighted by atomic mass is 35.5. The molecular weight excluding hydrogens is 521 g/mol. The third kappa shape index (κ3) is 6.95. The van der Waals surface area contributed by atoms with Crippen LogP contribution in [0.15, 0.2) is 67.0 Å². The first-order chi connectivity index (χ1) is 16.9. The molecule has 0 fully saturated rings. The van der Waals surface area contributed by atoms with Crippen molar-refractivity contribution in [2.45, 2.75) is 12.7 Å². The molecule has 2 aromatic carbocycles. The second-order valence-corrected chi connectivity index (χ2v) is 9.88. The highest BCUT2D eigenvalue weighted by Gasteiger charge is 2.34. The Labute approximate surface area is 210 Å². The van der Waals surface area contributed by atoms with Gasteiger partial charge in [-0.15, -0.1) is 0 Å². The van der Waals surface area contributed by atoms with Crippen molar-refractivity contribution in [3.63, 3.8) is 0 Å². The van der Waals surface area contributed by atoms with E-state index in [0.717, 1.165) is 24.0 Å². The number of hydrogen-bond donors (Lipinski definition) is 2. The van der Waals surface area contributed by atoms with E-state index in [4.69, 9.17) is 11.6 Å². The van der Waals surface area contributed by atoms with Gasteiger partial charge in [-0.2, -0.15) is 13.2 Å². The first kappa shape index (κ1) is 27.0. The van der Waals surface area contributed by atoms with E-state index in [2.05, 4.69) is 15.6 Å². The summed E-state index contributed by atoms with van der Waals surface area (Å²) in [6.07, 6.45) is -0.915. The van der Waals surface area contributed by atoms with Crippen molar-refractivity contribution in [1.82, 2.24) is 10.3 Å². The second kappa shape index (κ2) is 11.0. The number of para-hydroxylation sites is 1. The second-order valence-electron chi connectivity index (χ2n) is 7.57. The molecule has 0 spiro atoms. The van der Waals surface area contributed by atoms with Crippen molar-refractivity contribution >= 4 is 44.8 Å². The van der Waals surface area contributed by atoms with E-state index in [1.807, 2.05) is 0 Å². The fourth-order valence-corrected chi connectivity index (χ4v) is 4.25. The van der Waals surface area contributed by atoms with Gasteiger partial charge in [0.1, 0.15) is 6.54 Å². The van der Waals surface area contributed by atoms with Gasteiger partial charge in [-0.3, -0.25) is 18.9 Å². The van der Waals surface area contributed by atoms with Crippen LogP contribution in [0.25, 0.3) is 0 Å². The number of rotatable bonds is 8. The van der Waals surface area contributed by atoms with Crippen molar-refractivity contribution in [2.24, 2.45) is 0 Å². The van der Waals surface area contributed by atoms with E-state index in [1.165, 1.54) is 12.1 Å². The Morgan fingerprint density at radius 2 is 1.81 bits per heavy atom. The number of carbonyl (C=O) groups excluding carboxylic acids is 2. The highest BCUT2D eigenvalue weighted by Crippen LogP contribution is 2.37. The molecule has 0 aliphatic rings. The molecule has 0 aliphatic carbocycles. The summed E-state index contributed by atoms with van der Waals surface area (Å²) in [5, 5.41) is 4.53. The zero-order valence-electron chi connectivity index (χ0n) is 18.7. The molecule has 1 heterocycles. The van der Waals surface area contributed by atoms with Crippen LogP contribution in [0.1, 0.15) is 21.5 Å². The number of carbonyl (C=O) groups is 2. The Bertz CT molecular complexity index is 1370. The predicted octanol–water partition coefficient (Wildman–Crippen LogP) is 4.09. The molecule has 3 aromatic rings. The number of sulfonamides is 1. The maximum absolute atomic E-state index is 13.3. The third-order valence-corrected chi connectivity index (χ3v) is 6.32. The van der Waals surface area contributed by atoms with Gasteiger partial charge >= 0.3 is 6.18 Å². The Morgan fingerprint density at radius 3 is 2.44 bits per heavy atom. The van der Waals surface area contributed by atoms with E-state index in [-0.39, 0.29) is 17.8 Å². The van der Waals surface area contributed by atoms with Crippen LogP contribution in [0.4, 0.5) is 24.5 Å². The first-order valence-corrected chi connectivity index (χ1v) is 12.5. The van der Waals surface area contributed by atoms with Crippen LogP contribution < -0.4 is 14.9 Å². The minimum absolute atomic E-state index is 0.0896. The lowest BCUT2D eigenvalue weighted by molar-refractivity contribution is -0.137. The molecule has 1 aromatic heterocycles. The Morgan fingerprint density at radius 1 is 1.08 bits per heavy atom. The van der Waals surface area contributed by atoms with Crippen LogP contribution in [0.3, 0.4) is 0 Å². The van der Waals surface area contributed by atoms with Crippen LogP contribution in [0, 0.1) is 0 Å². The molecule has 8 nitrogen and oxygen atoms in total. The average Bonchev–Trinajstić information content (AvgIpc) is 2.81. The summed E-state index contributed by atoms with van der Waals surface area (Å²) in [7, 11) is -4.17. The number of pyridine rings is 1. The standard InChI is InChI=1S/C23H20ClF3N4O4S/c1-36(34,35)31(16-8-9-19(24)18(11-16)23(25,26)27)14-21(32)30-20-7-3-2-6-17(20)22(33)29-13-15-5-4-10-28-12-15/h2-12H,13-14H2,1H3,(H,29,33)(H,30,32). The van der Waals surface area contributed by atoms with Gasteiger partial charge in [-0.1, -0.05) is 29.8 Å². The minimum Gasteiger partial charge on any atom is -0.348 e. The fourth-order valence-electron chi connectivity index (χ4n) is 3.18. The fraction of sp³-hybridized carbons (Fsp3) is 0.174. The van der Waals surface area contributed by atoms with Crippen LogP contribution >= 0.6 is 11.6 Å². The normalized spacial score (nSPS) is 11.6. The molecular formula is C23H20ClF3N4O4S. The molecule has 0 radical (unpaired) electrons. The number of anilines is 2. The van der Waals surface area contributed by atoms with Gasteiger partial charge in [0.15, 0.2) is 0 Å². The monoisotopic (exact) mass is 540 g/mol. The minimum atomic E-state index is -4.83. The number of nitrogens with zero attached hydrogens (tertiary/aromatic N) is 2. The van der Waals surface area contributed by atoms with Gasteiger partial charge in [0.05, 0.1) is 33.8 Å². The molecule has 2 amide bonds. The Hall–Kier alpha value is -3.64. The number of aromatic nitrogens is 1. The summed E-state index contributed by atoms with van der Waals surface area (Å²) in [5.41, 5.74) is -0.700. The predicted molar refractivity (Wildman–Crippen MR) is 129 cm³/mol. The largest absolute Gasteiger partial charge is 0.417 e.